The lowest BCUT2D eigenvalue weighted by atomic mass is 9.93. The van der Waals surface area contributed by atoms with Gasteiger partial charge in [0.2, 0.25) is 5.91 Å². The molecule has 1 aromatic heterocycles. The Morgan fingerprint density at radius 2 is 2.39 bits per heavy atom. The van der Waals surface area contributed by atoms with Gasteiger partial charge in [-0.1, -0.05) is 23.8 Å². The van der Waals surface area contributed by atoms with Crippen molar-refractivity contribution in [1.29, 1.82) is 0 Å². The van der Waals surface area contributed by atoms with E-state index in [1.165, 1.54) is 11.3 Å². The molecule has 0 unspecified atom stereocenters. The molecule has 0 bridgehead atoms. The van der Waals surface area contributed by atoms with Crippen molar-refractivity contribution in [2.75, 3.05) is 6.54 Å². The van der Waals surface area contributed by atoms with Gasteiger partial charge < -0.3 is 10.4 Å². The van der Waals surface area contributed by atoms with Crippen molar-refractivity contribution < 1.29 is 9.90 Å². The van der Waals surface area contributed by atoms with Gasteiger partial charge in [0.1, 0.15) is 6.10 Å². The zero-order valence-electron chi connectivity index (χ0n) is 9.93. The molecule has 5 heteroatoms. The molecule has 0 radical (unpaired) electrons. The van der Waals surface area contributed by atoms with Gasteiger partial charge >= 0.3 is 0 Å². The van der Waals surface area contributed by atoms with Crippen molar-refractivity contribution >= 4 is 28.8 Å². The number of amides is 1. The van der Waals surface area contributed by atoms with Gasteiger partial charge in [0.05, 0.1) is 4.34 Å². The Morgan fingerprint density at radius 1 is 1.56 bits per heavy atom. The van der Waals surface area contributed by atoms with Crippen LogP contribution >= 0.6 is 22.9 Å². The lowest BCUT2D eigenvalue weighted by Crippen LogP contribution is -2.34. The summed E-state index contributed by atoms with van der Waals surface area (Å²) in [6.45, 7) is 0.246. The van der Waals surface area contributed by atoms with Crippen LogP contribution in [0.5, 0.6) is 0 Å². The first-order valence-corrected chi connectivity index (χ1v) is 7.22. The maximum absolute atomic E-state index is 11.9. The third kappa shape index (κ3) is 3.57. The quantitative estimate of drug-likeness (QED) is 0.836. The Hall–Kier alpha value is -0.840. The molecule has 98 valence electrons. The van der Waals surface area contributed by atoms with E-state index in [0.29, 0.717) is 4.34 Å². The van der Waals surface area contributed by atoms with Crippen LogP contribution in [0.1, 0.15) is 30.2 Å². The summed E-state index contributed by atoms with van der Waals surface area (Å²) >= 11 is 7.14. The maximum atomic E-state index is 11.9. The molecule has 2 rings (SSSR count). The number of thiophene rings is 1. The molecule has 0 aromatic carbocycles. The predicted octanol–water partition coefficient (Wildman–Crippen LogP) is 2.91. The van der Waals surface area contributed by atoms with E-state index in [1.807, 2.05) is 6.08 Å². The van der Waals surface area contributed by atoms with E-state index in [0.717, 1.165) is 24.1 Å². The molecule has 1 aliphatic rings. The highest BCUT2D eigenvalue weighted by molar-refractivity contribution is 7.16. The minimum absolute atomic E-state index is 0.0288. The molecule has 2 N–H and O–H groups in total. The van der Waals surface area contributed by atoms with Gasteiger partial charge in [-0.3, -0.25) is 4.79 Å². The SMILES string of the molecule is O=C(NC[C@H](O)c1ccc(Cl)s1)[C@H]1CC=CCC1. The lowest BCUT2D eigenvalue weighted by Gasteiger charge is -2.18. The van der Waals surface area contributed by atoms with Crippen molar-refractivity contribution in [3.8, 4) is 0 Å². The second kappa shape index (κ2) is 6.36. The number of nitrogens with one attached hydrogen (secondary N) is 1. The van der Waals surface area contributed by atoms with Gasteiger partial charge in [-0.05, 0) is 31.4 Å². The number of allylic oxidation sites excluding steroid dienone is 2. The average Bonchev–Trinajstić information content (AvgIpc) is 2.83. The van der Waals surface area contributed by atoms with Gasteiger partial charge in [-0.25, -0.2) is 0 Å². The van der Waals surface area contributed by atoms with E-state index in [2.05, 4.69) is 11.4 Å². The van der Waals surface area contributed by atoms with Gasteiger partial charge in [-0.2, -0.15) is 0 Å². The highest BCUT2D eigenvalue weighted by Gasteiger charge is 2.19. The molecule has 0 saturated carbocycles. The summed E-state index contributed by atoms with van der Waals surface area (Å²) in [5, 5.41) is 12.7. The summed E-state index contributed by atoms with van der Waals surface area (Å²) in [6.07, 6.45) is 6.12. The number of rotatable bonds is 4. The molecule has 0 aliphatic heterocycles. The van der Waals surface area contributed by atoms with Gasteiger partial charge in [0, 0.05) is 17.3 Å². The molecule has 18 heavy (non-hydrogen) atoms. The summed E-state index contributed by atoms with van der Waals surface area (Å²) in [7, 11) is 0. The Morgan fingerprint density at radius 3 is 3.00 bits per heavy atom. The molecule has 2 atom stereocenters. The molecular weight excluding hydrogens is 270 g/mol. The third-order valence-corrected chi connectivity index (χ3v) is 4.36. The fourth-order valence-corrected chi connectivity index (χ4v) is 3.03. The number of hydrogen-bond acceptors (Lipinski definition) is 3. The Bertz CT molecular complexity index is 444. The second-order valence-electron chi connectivity index (χ2n) is 4.38. The second-order valence-corrected chi connectivity index (χ2v) is 6.13. The van der Waals surface area contributed by atoms with Crippen LogP contribution in [0.2, 0.25) is 4.34 Å². The molecule has 1 aromatic rings. The number of carbonyl (C=O) groups is 1. The maximum Gasteiger partial charge on any atom is 0.223 e. The van der Waals surface area contributed by atoms with E-state index in [4.69, 9.17) is 11.6 Å². The first-order valence-electron chi connectivity index (χ1n) is 6.03. The average molecular weight is 286 g/mol. The van der Waals surface area contributed by atoms with E-state index in [-0.39, 0.29) is 18.4 Å². The van der Waals surface area contributed by atoms with Crippen molar-refractivity contribution in [3.63, 3.8) is 0 Å². The van der Waals surface area contributed by atoms with Crippen LogP contribution in [0.25, 0.3) is 0 Å². The fourth-order valence-electron chi connectivity index (χ4n) is 1.98. The van der Waals surface area contributed by atoms with Crippen LogP contribution in [-0.2, 0) is 4.79 Å². The molecule has 1 aliphatic carbocycles. The summed E-state index contributed by atoms with van der Waals surface area (Å²) in [5.74, 6) is 0.0789. The smallest absolute Gasteiger partial charge is 0.223 e. The van der Waals surface area contributed by atoms with Crippen molar-refractivity contribution in [2.24, 2.45) is 5.92 Å². The normalized spacial score (nSPS) is 20.7. The van der Waals surface area contributed by atoms with Crippen molar-refractivity contribution in [3.05, 3.63) is 33.5 Å². The van der Waals surface area contributed by atoms with E-state index in [1.54, 1.807) is 12.1 Å². The van der Waals surface area contributed by atoms with Crippen LogP contribution in [0, 0.1) is 5.92 Å². The summed E-state index contributed by atoms with van der Waals surface area (Å²) in [6, 6.07) is 3.53. The molecule has 1 heterocycles. The van der Waals surface area contributed by atoms with Crippen LogP contribution < -0.4 is 5.32 Å². The van der Waals surface area contributed by atoms with Crippen molar-refractivity contribution in [1.82, 2.24) is 5.32 Å². The highest BCUT2D eigenvalue weighted by atomic mass is 35.5. The van der Waals surface area contributed by atoms with E-state index >= 15 is 0 Å². The van der Waals surface area contributed by atoms with Gasteiger partial charge in [0.15, 0.2) is 0 Å². The molecule has 1 amide bonds. The highest BCUT2D eigenvalue weighted by Crippen LogP contribution is 2.26. The monoisotopic (exact) mass is 285 g/mol. The topological polar surface area (TPSA) is 49.3 Å². The van der Waals surface area contributed by atoms with Crippen LogP contribution in [0.3, 0.4) is 0 Å². The summed E-state index contributed by atoms with van der Waals surface area (Å²) in [4.78, 5) is 12.6. The van der Waals surface area contributed by atoms with Gasteiger partial charge in [0.25, 0.3) is 0 Å². The largest absolute Gasteiger partial charge is 0.386 e. The predicted molar refractivity (Wildman–Crippen MR) is 73.8 cm³/mol. The third-order valence-electron chi connectivity index (χ3n) is 3.03. The minimum atomic E-state index is -0.675. The molecule has 0 fully saturated rings. The number of hydrogen-bond donors (Lipinski definition) is 2. The Kier molecular flexibility index (Phi) is 4.80. The van der Waals surface area contributed by atoms with Crippen LogP contribution in [-0.4, -0.2) is 17.6 Å². The number of aliphatic hydroxyl groups is 1. The zero-order chi connectivity index (χ0) is 13.0. The van der Waals surface area contributed by atoms with E-state index < -0.39 is 6.10 Å². The van der Waals surface area contributed by atoms with E-state index in [9.17, 15) is 9.90 Å². The van der Waals surface area contributed by atoms with Crippen molar-refractivity contribution in [2.45, 2.75) is 25.4 Å². The first-order chi connectivity index (χ1) is 8.66. The molecule has 3 nitrogen and oxygen atoms in total. The Balaban J connectivity index is 1.80. The van der Waals surface area contributed by atoms with Crippen LogP contribution in [0.4, 0.5) is 0 Å². The summed E-state index contributed by atoms with van der Waals surface area (Å²) in [5.41, 5.74) is 0. The number of aliphatic hydroxyl groups excluding tert-OH is 1. The Labute approximate surface area is 115 Å². The standard InChI is InChI=1S/C13H16ClNO2S/c14-12-7-6-11(18-12)10(16)8-15-13(17)9-4-2-1-3-5-9/h1-2,6-7,9-10,16H,3-5,8H2,(H,15,17)/t9-,10-/m0/s1. The number of halogens is 1. The zero-order valence-corrected chi connectivity index (χ0v) is 11.5. The first kappa shape index (κ1) is 13.6. The molecular formula is C13H16ClNO2S. The summed E-state index contributed by atoms with van der Waals surface area (Å²) < 4.78 is 0.646. The molecule has 0 saturated heterocycles. The lowest BCUT2D eigenvalue weighted by molar-refractivity contribution is -0.125. The molecule has 0 spiro atoms. The number of carbonyl (C=O) groups excluding carboxylic acids is 1. The minimum Gasteiger partial charge on any atom is -0.386 e. The fraction of sp³-hybridized carbons (Fsp3) is 0.462. The van der Waals surface area contributed by atoms with Gasteiger partial charge in [-0.15, -0.1) is 11.3 Å². The van der Waals surface area contributed by atoms with Crippen LogP contribution in [0.15, 0.2) is 24.3 Å².